The van der Waals surface area contributed by atoms with E-state index in [1.165, 1.54) is 39.0 Å². The molecule has 3 rings (SSSR count). The van der Waals surface area contributed by atoms with Crippen molar-refractivity contribution in [2.24, 2.45) is 0 Å². The fourth-order valence-electron chi connectivity index (χ4n) is 4.35. The average molecular weight is 357 g/mol. The zero-order valence-electron chi connectivity index (χ0n) is 16.0. The van der Waals surface area contributed by atoms with Crippen LogP contribution in [-0.2, 0) is 16.0 Å². The Kier molecular flexibility index (Phi) is 6.30. The molecular weight excluding hydrogens is 326 g/mol. The average Bonchev–Trinajstić information content (AvgIpc) is 3.05. The molecule has 1 aromatic carbocycles. The summed E-state index contributed by atoms with van der Waals surface area (Å²) in [6, 6.07) is 8.08. The van der Waals surface area contributed by atoms with Gasteiger partial charge in [0.2, 0.25) is 11.8 Å². The Morgan fingerprint density at radius 2 is 1.92 bits per heavy atom. The van der Waals surface area contributed by atoms with Gasteiger partial charge in [0.15, 0.2) is 0 Å². The molecule has 1 aliphatic heterocycles. The maximum Gasteiger partial charge on any atom is 0.243 e. The lowest BCUT2D eigenvalue weighted by Crippen LogP contribution is -2.47. The van der Waals surface area contributed by atoms with Crippen molar-refractivity contribution >= 4 is 17.5 Å². The van der Waals surface area contributed by atoms with Crippen molar-refractivity contribution < 1.29 is 9.59 Å². The Morgan fingerprint density at radius 3 is 2.65 bits per heavy atom. The first-order valence-electron chi connectivity index (χ1n) is 9.93. The van der Waals surface area contributed by atoms with E-state index >= 15 is 0 Å². The Bertz CT molecular complexity index is 640. The monoisotopic (exact) mass is 357 g/mol. The van der Waals surface area contributed by atoms with Gasteiger partial charge >= 0.3 is 0 Å². The van der Waals surface area contributed by atoms with Crippen LogP contribution in [0, 0.1) is 0 Å². The number of benzene rings is 1. The Balaban J connectivity index is 1.47. The molecule has 2 aliphatic rings. The normalized spacial score (nSPS) is 20.3. The van der Waals surface area contributed by atoms with Gasteiger partial charge in [0.1, 0.15) is 6.04 Å². The van der Waals surface area contributed by atoms with Crippen LogP contribution in [0.4, 0.5) is 5.69 Å². The number of para-hydroxylation sites is 1. The molecule has 5 heteroatoms. The van der Waals surface area contributed by atoms with Gasteiger partial charge in [0, 0.05) is 31.6 Å². The highest BCUT2D eigenvalue weighted by Gasteiger charge is 2.36. The van der Waals surface area contributed by atoms with Crippen LogP contribution in [0.5, 0.6) is 0 Å². The lowest BCUT2D eigenvalue weighted by molar-refractivity contribution is -0.125. The number of fused-ring (bicyclic) bond motifs is 1. The van der Waals surface area contributed by atoms with Crippen LogP contribution in [0.3, 0.4) is 0 Å². The van der Waals surface area contributed by atoms with Crippen LogP contribution < -0.4 is 10.2 Å². The first-order chi connectivity index (χ1) is 12.6. The van der Waals surface area contributed by atoms with Gasteiger partial charge in [-0.2, -0.15) is 0 Å². The third kappa shape index (κ3) is 4.26. The summed E-state index contributed by atoms with van der Waals surface area (Å²) in [6.07, 6.45) is 8.20. The number of nitrogens with one attached hydrogen (secondary N) is 1. The van der Waals surface area contributed by atoms with Crippen LogP contribution in [0.1, 0.15) is 51.0 Å². The standard InChI is InChI=1S/C21H31N3O2/c1-16(25)24-19-12-7-6-9-17(19)15-20(24)21(26)22-13-8-14-23(2)18-10-4-3-5-11-18/h6-7,9,12,18,20H,3-5,8,10-11,13-15H2,1-2H3,(H,22,26). The number of rotatable bonds is 6. The largest absolute Gasteiger partial charge is 0.354 e. The van der Waals surface area contributed by atoms with Crippen LogP contribution in [0.25, 0.3) is 0 Å². The van der Waals surface area contributed by atoms with Gasteiger partial charge in [-0.15, -0.1) is 0 Å². The van der Waals surface area contributed by atoms with E-state index < -0.39 is 6.04 Å². The van der Waals surface area contributed by atoms with Crippen molar-refractivity contribution in [1.82, 2.24) is 10.2 Å². The number of amides is 2. The summed E-state index contributed by atoms with van der Waals surface area (Å²) in [6.45, 7) is 3.20. The minimum Gasteiger partial charge on any atom is -0.354 e. The van der Waals surface area contributed by atoms with Crippen LogP contribution in [0.15, 0.2) is 24.3 Å². The van der Waals surface area contributed by atoms with E-state index in [0.717, 1.165) is 24.2 Å². The van der Waals surface area contributed by atoms with E-state index in [1.54, 1.807) is 4.90 Å². The summed E-state index contributed by atoms with van der Waals surface area (Å²) in [5.74, 6) is -0.121. The van der Waals surface area contributed by atoms with Crippen molar-refractivity contribution in [3.05, 3.63) is 29.8 Å². The molecule has 1 aromatic rings. The molecule has 1 aliphatic carbocycles. The topological polar surface area (TPSA) is 52.7 Å². The van der Waals surface area contributed by atoms with Crippen LogP contribution >= 0.6 is 0 Å². The molecule has 1 N–H and O–H groups in total. The number of hydrogen-bond donors (Lipinski definition) is 1. The molecule has 26 heavy (non-hydrogen) atoms. The lowest BCUT2D eigenvalue weighted by Gasteiger charge is -2.31. The van der Waals surface area contributed by atoms with Gasteiger partial charge in [0.05, 0.1) is 0 Å². The summed E-state index contributed by atoms with van der Waals surface area (Å²) < 4.78 is 0. The lowest BCUT2D eigenvalue weighted by atomic mass is 9.94. The Morgan fingerprint density at radius 1 is 1.19 bits per heavy atom. The summed E-state index contributed by atoms with van der Waals surface area (Å²) in [5.41, 5.74) is 1.94. The molecule has 1 heterocycles. The Labute approximate surface area is 156 Å². The van der Waals surface area contributed by atoms with Crippen molar-refractivity contribution in [3.63, 3.8) is 0 Å². The zero-order valence-corrected chi connectivity index (χ0v) is 16.0. The second-order valence-electron chi connectivity index (χ2n) is 7.65. The molecule has 0 spiro atoms. The minimum atomic E-state index is -0.416. The van der Waals surface area contributed by atoms with E-state index in [9.17, 15) is 9.59 Å². The van der Waals surface area contributed by atoms with E-state index in [2.05, 4.69) is 17.3 Å². The molecule has 1 fully saturated rings. The van der Waals surface area contributed by atoms with Crippen molar-refractivity contribution in [1.29, 1.82) is 0 Å². The van der Waals surface area contributed by atoms with E-state index in [-0.39, 0.29) is 11.8 Å². The molecule has 1 atom stereocenters. The number of anilines is 1. The van der Waals surface area contributed by atoms with Crippen LogP contribution in [0.2, 0.25) is 0 Å². The quantitative estimate of drug-likeness (QED) is 0.797. The predicted molar refractivity (Wildman–Crippen MR) is 104 cm³/mol. The summed E-state index contributed by atoms with van der Waals surface area (Å²) in [7, 11) is 2.20. The predicted octanol–water partition coefficient (Wildman–Crippen LogP) is 2.74. The maximum absolute atomic E-state index is 12.7. The second kappa shape index (κ2) is 8.67. The molecule has 1 unspecified atom stereocenters. The van der Waals surface area contributed by atoms with E-state index in [4.69, 9.17) is 0 Å². The summed E-state index contributed by atoms with van der Waals surface area (Å²) in [5, 5.41) is 3.04. The van der Waals surface area contributed by atoms with Crippen molar-refractivity contribution in [2.45, 2.75) is 64.0 Å². The van der Waals surface area contributed by atoms with Gasteiger partial charge in [-0.05, 0) is 44.5 Å². The highest BCUT2D eigenvalue weighted by atomic mass is 16.2. The summed E-state index contributed by atoms with van der Waals surface area (Å²) in [4.78, 5) is 28.8. The van der Waals surface area contributed by atoms with Crippen molar-refractivity contribution in [3.8, 4) is 0 Å². The Hall–Kier alpha value is -1.88. The third-order valence-electron chi connectivity index (χ3n) is 5.80. The fourth-order valence-corrected chi connectivity index (χ4v) is 4.35. The SMILES string of the molecule is CC(=O)N1c2ccccc2CC1C(=O)NCCCN(C)C1CCCCC1. The third-order valence-corrected chi connectivity index (χ3v) is 5.80. The molecular formula is C21H31N3O2. The molecule has 0 bridgehead atoms. The molecule has 142 valence electrons. The second-order valence-corrected chi connectivity index (χ2v) is 7.65. The van der Waals surface area contributed by atoms with Gasteiger partial charge in [-0.25, -0.2) is 0 Å². The maximum atomic E-state index is 12.7. The molecule has 0 radical (unpaired) electrons. The number of nitrogens with zero attached hydrogens (tertiary/aromatic N) is 2. The van der Waals surface area contributed by atoms with E-state index in [0.29, 0.717) is 19.0 Å². The minimum absolute atomic E-state index is 0.0447. The van der Waals surface area contributed by atoms with Gasteiger partial charge in [-0.3, -0.25) is 14.5 Å². The number of carbonyl (C=O) groups is 2. The van der Waals surface area contributed by atoms with Gasteiger partial charge in [-0.1, -0.05) is 37.5 Å². The van der Waals surface area contributed by atoms with Gasteiger partial charge in [0.25, 0.3) is 0 Å². The number of hydrogen-bond acceptors (Lipinski definition) is 3. The number of carbonyl (C=O) groups excluding carboxylic acids is 2. The first kappa shape index (κ1) is 18.9. The smallest absolute Gasteiger partial charge is 0.243 e. The highest BCUT2D eigenvalue weighted by molar-refractivity contribution is 6.02. The highest BCUT2D eigenvalue weighted by Crippen LogP contribution is 2.32. The first-order valence-corrected chi connectivity index (χ1v) is 9.93. The molecule has 0 saturated heterocycles. The van der Waals surface area contributed by atoms with Crippen LogP contribution in [-0.4, -0.2) is 48.9 Å². The van der Waals surface area contributed by atoms with E-state index in [1.807, 2.05) is 24.3 Å². The molecule has 2 amide bonds. The molecule has 5 nitrogen and oxygen atoms in total. The van der Waals surface area contributed by atoms with Gasteiger partial charge < -0.3 is 10.2 Å². The summed E-state index contributed by atoms with van der Waals surface area (Å²) >= 11 is 0. The molecule has 0 aromatic heterocycles. The fraction of sp³-hybridized carbons (Fsp3) is 0.619. The molecule has 1 saturated carbocycles. The zero-order chi connectivity index (χ0) is 18.5. The van der Waals surface area contributed by atoms with Crippen molar-refractivity contribution in [2.75, 3.05) is 25.0 Å².